The number of anilines is 1. The highest BCUT2D eigenvalue weighted by Gasteiger charge is 2.21. The monoisotopic (exact) mass is 212 g/mol. The molecule has 1 aliphatic rings. The number of hydrogen-bond acceptors (Lipinski definition) is 3. The van der Waals surface area contributed by atoms with Crippen molar-refractivity contribution in [2.24, 2.45) is 5.92 Å². The molecule has 1 aromatic rings. The topological polar surface area (TPSA) is 36.4 Å². The molecule has 2 heterocycles. The molecule has 1 saturated heterocycles. The van der Waals surface area contributed by atoms with E-state index in [1.807, 2.05) is 12.1 Å². The van der Waals surface area contributed by atoms with E-state index >= 15 is 0 Å². The van der Waals surface area contributed by atoms with E-state index in [4.69, 9.17) is 16.7 Å². The number of halogens is 1. The minimum absolute atomic E-state index is 0.273. The zero-order valence-corrected chi connectivity index (χ0v) is 8.61. The van der Waals surface area contributed by atoms with Crippen LogP contribution in [-0.4, -0.2) is 29.8 Å². The van der Waals surface area contributed by atoms with Gasteiger partial charge >= 0.3 is 0 Å². The maximum Gasteiger partial charge on any atom is 0.131 e. The maximum atomic E-state index is 9.02. The molecular weight excluding hydrogens is 200 g/mol. The van der Waals surface area contributed by atoms with Gasteiger partial charge in [0.25, 0.3) is 0 Å². The largest absolute Gasteiger partial charge is 0.396 e. The van der Waals surface area contributed by atoms with Crippen LogP contribution in [0.2, 0.25) is 5.15 Å². The maximum absolute atomic E-state index is 9.02. The number of nitrogens with zero attached hydrogens (tertiary/aromatic N) is 2. The molecule has 1 aromatic heterocycles. The van der Waals surface area contributed by atoms with Gasteiger partial charge in [-0.15, -0.1) is 0 Å². The van der Waals surface area contributed by atoms with Gasteiger partial charge in [0.1, 0.15) is 5.15 Å². The van der Waals surface area contributed by atoms with Gasteiger partial charge in [0.05, 0.1) is 0 Å². The summed E-state index contributed by atoms with van der Waals surface area (Å²) >= 11 is 5.81. The Morgan fingerprint density at radius 1 is 1.64 bits per heavy atom. The van der Waals surface area contributed by atoms with Crippen LogP contribution < -0.4 is 4.90 Å². The first-order valence-corrected chi connectivity index (χ1v) is 5.15. The van der Waals surface area contributed by atoms with Crippen LogP contribution in [0.3, 0.4) is 0 Å². The molecule has 3 nitrogen and oxygen atoms in total. The van der Waals surface area contributed by atoms with Crippen LogP contribution in [0.1, 0.15) is 6.42 Å². The molecule has 0 radical (unpaired) electrons. The minimum atomic E-state index is 0.273. The molecule has 1 unspecified atom stereocenters. The van der Waals surface area contributed by atoms with Crippen molar-refractivity contribution in [1.29, 1.82) is 0 Å². The molecule has 0 spiro atoms. The van der Waals surface area contributed by atoms with E-state index in [0.29, 0.717) is 11.1 Å². The van der Waals surface area contributed by atoms with Crippen LogP contribution in [0.15, 0.2) is 18.3 Å². The lowest BCUT2D eigenvalue weighted by Gasteiger charge is -2.18. The van der Waals surface area contributed by atoms with E-state index in [-0.39, 0.29) is 6.61 Å². The molecule has 2 rings (SSSR count). The third-order valence-electron chi connectivity index (χ3n) is 2.62. The predicted molar refractivity (Wildman–Crippen MR) is 56.7 cm³/mol. The molecule has 0 aliphatic carbocycles. The van der Waals surface area contributed by atoms with Gasteiger partial charge < -0.3 is 10.0 Å². The Balaban J connectivity index is 2.09. The molecule has 76 valence electrons. The van der Waals surface area contributed by atoms with Gasteiger partial charge in [0.15, 0.2) is 0 Å². The zero-order valence-electron chi connectivity index (χ0n) is 7.86. The number of hydrogen-bond donors (Lipinski definition) is 1. The van der Waals surface area contributed by atoms with Crippen molar-refractivity contribution < 1.29 is 5.11 Å². The molecule has 0 amide bonds. The van der Waals surface area contributed by atoms with Crippen molar-refractivity contribution in [2.45, 2.75) is 6.42 Å². The van der Waals surface area contributed by atoms with Crippen LogP contribution in [0, 0.1) is 5.92 Å². The van der Waals surface area contributed by atoms with Crippen molar-refractivity contribution in [1.82, 2.24) is 4.98 Å². The first-order valence-electron chi connectivity index (χ1n) is 4.77. The summed E-state index contributed by atoms with van der Waals surface area (Å²) in [6.07, 6.45) is 2.76. The van der Waals surface area contributed by atoms with Crippen molar-refractivity contribution in [2.75, 3.05) is 24.6 Å². The molecule has 1 N–H and O–H groups in total. The molecule has 14 heavy (non-hydrogen) atoms. The molecule has 1 atom stereocenters. The molecule has 0 saturated carbocycles. The predicted octanol–water partition coefficient (Wildman–Crippen LogP) is 1.55. The van der Waals surface area contributed by atoms with Gasteiger partial charge in [-0.25, -0.2) is 4.98 Å². The third-order valence-corrected chi connectivity index (χ3v) is 2.83. The van der Waals surface area contributed by atoms with Crippen molar-refractivity contribution >= 4 is 17.3 Å². The minimum Gasteiger partial charge on any atom is -0.396 e. The van der Waals surface area contributed by atoms with Gasteiger partial charge in [-0.2, -0.15) is 0 Å². The number of aliphatic hydroxyl groups is 1. The van der Waals surface area contributed by atoms with Crippen LogP contribution in [0.4, 0.5) is 5.69 Å². The normalized spacial score (nSPS) is 21.6. The molecule has 1 fully saturated rings. The number of rotatable bonds is 2. The van der Waals surface area contributed by atoms with Crippen LogP contribution in [0.5, 0.6) is 0 Å². The summed E-state index contributed by atoms with van der Waals surface area (Å²) in [4.78, 5) is 6.17. The fraction of sp³-hybridized carbons (Fsp3) is 0.500. The highest BCUT2D eigenvalue weighted by atomic mass is 35.5. The average Bonchev–Trinajstić information content (AvgIpc) is 2.66. The second-order valence-corrected chi connectivity index (χ2v) is 4.01. The number of aromatic nitrogens is 1. The summed E-state index contributed by atoms with van der Waals surface area (Å²) < 4.78 is 0. The van der Waals surface area contributed by atoms with E-state index in [1.54, 1.807) is 6.20 Å². The van der Waals surface area contributed by atoms with Crippen molar-refractivity contribution in [3.8, 4) is 0 Å². The third kappa shape index (κ3) is 1.99. The molecule has 4 heteroatoms. The van der Waals surface area contributed by atoms with Gasteiger partial charge in [0, 0.05) is 37.5 Å². The lowest BCUT2D eigenvalue weighted by Crippen LogP contribution is -2.20. The first-order chi connectivity index (χ1) is 6.79. The Morgan fingerprint density at radius 3 is 3.14 bits per heavy atom. The van der Waals surface area contributed by atoms with E-state index < -0.39 is 0 Å². The summed E-state index contributed by atoms with van der Waals surface area (Å²) in [6, 6.07) is 3.81. The van der Waals surface area contributed by atoms with E-state index in [1.165, 1.54) is 0 Å². The van der Waals surface area contributed by atoms with E-state index in [2.05, 4.69) is 9.88 Å². The number of pyridine rings is 1. The highest BCUT2D eigenvalue weighted by Crippen LogP contribution is 2.24. The SMILES string of the molecule is OCC1CCN(c2ccnc(Cl)c2)C1. The van der Waals surface area contributed by atoms with Crippen LogP contribution >= 0.6 is 11.6 Å². The molecular formula is C10H13ClN2O. The van der Waals surface area contributed by atoms with Gasteiger partial charge in [-0.3, -0.25) is 0 Å². The Bertz CT molecular complexity index is 319. The zero-order chi connectivity index (χ0) is 9.97. The van der Waals surface area contributed by atoms with Gasteiger partial charge in [0.2, 0.25) is 0 Å². The lowest BCUT2D eigenvalue weighted by molar-refractivity contribution is 0.238. The first kappa shape index (κ1) is 9.74. The van der Waals surface area contributed by atoms with E-state index in [9.17, 15) is 0 Å². The molecule has 0 bridgehead atoms. The second kappa shape index (κ2) is 4.15. The summed E-state index contributed by atoms with van der Waals surface area (Å²) in [6.45, 7) is 2.18. The fourth-order valence-electron chi connectivity index (χ4n) is 1.81. The van der Waals surface area contributed by atoms with Gasteiger partial charge in [-0.05, 0) is 18.6 Å². The quantitative estimate of drug-likeness (QED) is 0.756. The van der Waals surface area contributed by atoms with Crippen LogP contribution in [0.25, 0.3) is 0 Å². The summed E-state index contributed by atoms with van der Waals surface area (Å²) in [7, 11) is 0. The fourth-order valence-corrected chi connectivity index (χ4v) is 1.97. The summed E-state index contributed by atoms with van der Waals surface area (Å²) in [5, 5.41) is 9.54. The van der Waals surface area contributed by atoms with Crippen LogP contribution in [-0.2, 0) is 0 Å². The van der Waals surface area contributed by atoms with Crippen molar-refractivity contribution in [3.63, 3.8) is 0 Å². The average molecular weight is 213 g/mol. The Morgan fingerprint density at radius 2 is 2.50 bits per heavy atom. The van der Waals surface area contributed by atoms with Gasteiger partial charge in [-0.1, -0.05) is 11.6 Å². The van der Waals surface area contributed by atoms with Crippen molar-refractivity contribution in [3.05, 3.63) is 23.5 Å². The Labute approximate surface area is 88.3 Å². The summed E-state index contributed by atoms with van der Waals surface area (Å²) in [5.74, 6) is 0.405. The molecule has 1 aliphatic heterocycles. The standard InChI is InChI=1S/C10H13ClN2O/c11-10-5-9(1-3-12-10)13-4-2-8(6-13)7-14/h1,3,5,8,14H,2,4,6-7H2. The lowest BCUT2D eigenvalue weighted by atomic mass is 10.1. The Kier molecular flexibility index (Phi) is 2.89. The summed E-state index contributed by atoms with van der Waals surface area (Å²) in [5.41, 5.74) is 1.10. The highest BCUT2D eigenvalue weighted by molar-refractivity contribution is 6.29. The smallest absolute Gasteiger partial charge is 0.131 e. The van der Waals surface area contributed by atoms with E-state index in [0.717, 1.165) is 25.2 Å². The Hall–Kier alpha value is -0.800. The molecule has 0 aromatic carbocycles. The number of aliphatic hydroxyl groups excluding tert-OH is 1. The second-order valence-electron chi connectivity index (χ2n) is 3.62.